The molecule has 0 fully saturated rings. The third-order valence-electron chi connectivity index (χ3n) is 2.87. The van der Waals surface area contributed by atoms with Gasteiger partial charge >= 0.3 is 0 Å². The molecule has 0 radical (unpaired) electrons. The van der Waals surface area contributed by atoms with Crippen molar-refractivity contribution in [2.75, 3.05) is 19.6 Å². The van der Waals surface area contributed by atoms with Crippen molar-refractivity contribution in [2.24, 2.45) is 0 Å². The topological polar surface area (TPSA) is 3.24 Å². The molecule has 0 aromatic heterocycles. The Balaban J connectivity index is 2.18. The summed E-state index contributed by atoms with van der Waals surface area (Å²) >= 11 is 0. The van der Waals surface area contributed by atoms with Gasteiger partial charge in [0.25, 0.3) is 0 Å². The molecule has 0 amide bonds. The molecule has 0 saturated carbocycles. The van der Waals surface area contributed by atoms with Gasteiger partial charge in [-0.1, -0.05) is 56.3 Å². The Bertz CT molecular complexity index is 286. The normalized spacial score (nSPS) is 11.4. The van der Waals surface area contributed by atoms with Crippen molar-refractivity contribution in [3.8, 4) is 0 Å². The Morgan fingerprint density at radius 1 is 1.00 bits per heavy atom. The molecule has 0 bridgehead atoms. The highest BCUT2D eigenvalue weighted by Crippen LogP contribution is 2.02. The van der Waals surface area contributed by atoms with Gasteiger partial charge in [0.2, 0.25) is 0 Å². The molecule has 1 aromatic rings. The molecule has 0 N–H and O–H groups in total. The number of nitrogens with zero attached hydrogens (tertiary/aromatic N) is 1. The summed E-state index contributed by atoms with van der Waals surface area (Å²) in [5.74, 6) is 0. The van der Waals surface area contributed by atoms with Crippen LogP contribution in [0.3, 0.4) is 0 Å². The van der Waals surface area contributed by atoms with E-state index in [-0.39, 0.29) is 0 Å². The predicted molar refractivity (Wildman–Crippen MR) is 71.7 cm³/mol. The number of allylic oxidation sites excluding steroid dienone is 1. The number of likely N-dealkylation sites (N-methyl/N-ethyl adjacent to an activating group) is 1. The fourth-order valence-corrected chi connectivity index (χ4v) is 1.72. The van der Waals surface area contributed by atoms with Gasteiger partial charge in [0, 0.05) is 6.54 Å². The molecule has 1 nitrogen and oxygen atoms in total. The van der Waals surface area contributed by atoms with E-state index < -0.39 is 0 Å². The minimum Gasteiger partial charge on any atom is -0.300 e. The molecule has 0 aliphatic rings. The number of rotatable bonds is 7. The lowest BCUT2D eigenvalue weighted by Crippen LogP contribution is -2.22. The summed E-state index contributed by atoms with van der Waals surface area (Å²) in [6.45, 7) is 7.78. The van der Waals surface area contributed by atoms with Gasteiger partial charge in [-0.05, 0) is 31.5 Å². The predicted octanol–water partition coefficient (Wildman–Crippen LogP) is 3.52. The summed E-state index contributed by atoms with van der Waals surface area (Å²) in [5, 5.41) is 0. The zero-order chi connectivity index (χ0) is 11.6. The lowest BCUT2D eigenvalue weighted by molar-refractivity contribution is 0.337. The minimum atomic E-state index is 1.09. The molecule has 0 heterocycles. The van der Waals surface area contributed by atoms with E-state index in [0.29, 0.717) is 0 Å². The van der Waals surface area contributed by atoms with Crippen LogP contribution in [0.2, 0.25) is 0 Å². The number of hydrogen-bond donors (Lipinski definition) is 0. The highest BCUT2D eigenvalue weighted by atomic mass is 15.1. The molecule has 0 saturated heterocycles. The Morgan fingerprint density at radius 3 is 2.31 bits per heavy atom. The standard InChI is InChI=1S/C15H23N/c1-3-16(4-2)14-10-6-9-13-15-11-7-5-8-12-15/h5-8,10-12H,3-4,9,13-14H2,1-2H3/b10-6-. The summed E-state index contributed by atoms with van der Waals surface area (Å²) in [6.07, 6.45) is 6.88. The van der Waals surface area contributed by atoms with Crippen molar-refractivity contribution >= 4 is 0 Å². The van der Waals surface area contributed by atoms with Crippen molar-refractivity contribution in [1.29, 1.82) is 0 Å². The summed E-state index contributed by atoms with van der Waals surface area (Å²) in [7, 11) is 0. The van der Waals surface area contributed by atoms with E-state index in [9.17, 15) is 0 Å². The zero-order valence-electron chi connectivity index (χ0n) is 10.5. The summed E-state index contributed by atoms with van der Waals surface area (Å²) in [5.41, 5.74) is 1.43. The Morgan fingerprint density at radius 2 is 1.69 bits per heavy atom. The lowest BCUT2D eigenvalue weighted by atomic mass is 10.1. The molecular weight excluding hydrogens is 194 g/mol. The van der Waals surface area contributed by atoms with E-state index in [2.05, 4.69) is 61.2 Å². The van der Waals surface area contributed by atoms with Gasteiger partial charge in [0.15, 0.2) is 0 Å². The van der Waals surface area contributed by atoms with Crippen LogP contribution in [0.1, 0.15) is 25.8 Å². The van der Waals surface area contributed by atoms with E-state index in [1.807, 2.05) is 0 Å². The Hall–Kier alpha value is -1.08. The average Bonchev–Trinajstić information content (AvgIpc) is 2.35. The fraction of sp³-hybridized carbons (Fsp3) is 0.467. The molecule has 0 spiro atoms. The molecule has 0 atom stereocenters. The average molecular weight is 217 g/mol. The van der Waals surface area contributed by atoms with Crippen LogP contribution in [-0.2, 0) is 6.42 Å². The highest BCUT2D eigenvalue weighted by Gasteiger charge is 1.93. The van der Waals surface area contributed by atoms with Crippen molar-refractivity contribution in [3.05, 3.63) is 48.0 Å². The maximum atomic E-state index is 2.42. The first-order valence-electron chi connectivity index (χ1n) is 6.28. The lowest BCUT2D eigenvalue weighted by Gasteiger charge is -2.14. The summed E-state index contributed by atoms with van der Waals surface area (Å²) in [6, 6.07) is 10.7. The highest BCUT2D eigenvalue weighted by molar-refractivity contribution is 5.15. The molecule has 1 rings (SSSR count). The fourth-order valence-electron chi connectivity index (χ4n) is 1.72. The summed E-state index contributed by atoms with van der Waals surface area (Å²) in [4.78, 5) is 2.42. The molecule has 88 valence electrons. The SMILES string of the molecule is CCN(CC)C/C=C\CCc1ccccc1. The van der Waals surface area contributed by atoms with Crippen LogP contribution < -0.4 is 0 Å². The van der Waals surface area contributed by atoms with Gasteiger partial charge in [-0.2, -0.15) is 0 Å². The maximum absolute atomic E-state index is 2.42. The van der Waals surface area contributed by atoms with Crippen LogP contribution in [0.25, 0.3) is 0 Å². The van der Waals surface area contributed by atoms with Gasteiger partial charge in [-0.25, -0.2) is 0 Å². The minimum absolute atomic E-state index is 1.09. The van der Waals surface area contributed by atoms with Gasteiger partial charge in [-0.15, -0.1) is 0 Å². The van der Waals surface area contributed by atoms with Crippen LogP contribution in [-0.4, -0.2) is 24.5 Å². The van der Waals surface area contributed by atoms with E-state index in [1.54, 1.807) is 0 Å². The Kier molecular flexibility index (Phi) is 6.59. The first-order chi connectivity index (χ1) is 7.86. The van der Waals surface area contributed by atoms with Gasteiger partial charge in [0.05, 0.1) is 0 Å². The number of hydrogen-bond acceptors (Lipinski definition) is 1. The van der Waals surface area contributed by atoms with Crippen LogP contribution >= 0.6 is 0 Å². The van der Waals surface area contributed by atoms with Crippen LogP contribution in [0.4, 0.5) is 0 Å². The van der Waals surface area contributed by atoms with Gasteiger partial charge < -0.3 is 4.90 Å². The zero-order valence-corrected chi connectivity index (χ0v) is 10.5. The van der Waals surface area contributed by atoms with E-state index in [4.69, 9.17) is 0 Å². The largest absolute Gasteiger partial charge is 0.300 e. The van der Waals surface area contributed by atoms with E-state index >= 15 is 0 Å². The maximum Gasteiger partial charge on any atom is 0.0162 e. The number of benzene rings is 1. The second-order valence-electron chi connectivity index (χ2n) is 3.98. The van der Waals surface area contributed by atoms with E-state index in [1.165, 1.54) is 5.56 Å². The molecule has 1 heteroatoms. The molecule has 0 aliphatic carbocycles. The molecule has 0 unspecified atom stereocenters. The van der Waals surface area contributed by atoms with Crippen molar-refractivity contribution in [1.82, 2.24) is 4.90 Å². The van der Waals surface area contributed by atoms with Crippen LogP contribution in [0, 0.1) is 0 Å². The molecule has 0 aliphatic heterocycles. The van der Waals surface area contributed by atoms with Crippen LogP contribution in [0.15, 0.2) is 42.5 Å². The smallest absolute Gasteiger partial charge is 0.0162 e. The molecule has 16 heavy (non-hydrogen) atoms. The van der Waals surface area contributed by atoms with Crippen molar-refractivity contribution < 1.29 is 0 Å². The van der Waals surface area contributed by atoms with E-state index in [0.717, 1.165) is 32.5 Å². The summed E-state index contributed by atoms with van der Waals surface area (Å²) < 4.78 is 0. The number of aryl methyl sites for hydroxylation is 1. The van der Waals surface area contributed by atoms with Gasteiger partial charge in [-0.3, -0.25) is 0 Å². The molecule has 1 aromatic carbocycles. The van der Waals surface area contributed by atoms with Crippen molar-refractivity contribution in [3.63, 3.8) is 0 Å². The Labute approximate surface area is 99.8 Å². The first kappa shape index (κ1) is 13.0. The van der Waals surface area contributed by atoms with Crippen LogP contribution in [0.5, 0.6) is 0 Å². The quantitative estimate of drug-likeness (QED) is 0.632. The second-order valence-corrected chi connectivity index (χ2v) is 3.98. The first-order valence-corrected chi connectivity index (χ1v) is 6.28. The third kappa shape index (κ3) is 5.13. The van der Waals surface area contributed by atoms with Crippen molar-refractivity contribution in [2.45, 2.75) is 26.7 Å². The monoisotopic (exact) mass is 217 g/mol. The second kappa shape index (κ2) is 8.12. The third-order valence-corrected chi connectivity index (χ3v) is 2.87. The molecular formula is C15H23N. The van der Waals surface area contributed by atoms with Gasteiger partial charge in [0.1, 0.15) is 0 Å².